The molecular weight excluding hydrogens is 472 g/mol. The molecule has 176 valence electrons. The first-order valence-corrected chi connectivity index (χ1v) is 12.0. The highest BCUT2D eigenvalue weighted by Gasteiger charge is 2.21. The molecule has 6 aromatic rings. The lowest BCUT2D eigenvalue weighted by Gasteiger charge is -2.08. The maximum atomic E-state index is 13.5. The molecule has 36 heavy (non-hydrogen) atoms. The second kappa shape index (κ2) is 8.98. The quantitative estimate of drug-likeness (QED) is 0.247. The van der Waals surface area contributed by atoms with Gasteiger partial charge in [-0.1, -0.05) is 48.0 Å². The highest BCUT2D eigenvalue weighted by Crippen LogP contribution is 2.29. The Morgan fingerprint density at radius 3 is 2.39 bits per heavy atom. The Kier molecular flexibility index (Phi) is 5.51. The number of carbonyl (C=O) groups excluding carboxylic acids is 2. The summed E-state index contributed by atoms with van der Waals surface area (Å²) in [6.45, 7) is 0.439. The third-order valence-electron chi connectivity index (χ3n) is 6.41. The van der Waals surface area contributed by atoms with Gasteiger partial charge in [-0.05, 0) is 54.4 Å². The first-order chi connectivity index (χ1) is 17.6. The number of H-pyrrole nitrogens is 2. The molecule has 6 nitrogen and oxygen atoms in total. The fraction of sp³-hybridized carbons (Fsp3) is 0.0690. The Bertz CT molecular complexity index is 1770. The number of aromatic amines is 2. The van der Waals surface area contributed by atoms with E-state index >= 15 is 0 Å². The molecule has 0 saturated heterocycles. The van der Waals surface area contributed by atoms with Crippen LogP contribution in [0, 0.1) is 0 Å². The minimum atomic E-state index is -0.327. The molecule has 1 amide bonds. The monoisotopic (exact) mass is 492 g/mol. The van der Waals surface area contributed by atoms with Gasteiger partial charge in [0.1, 0.15) is 11.4 Å². The van der Waals surface area contributed by atoms with E-state index in [2.05, 4.69) is 26.3 Å². The van der Waals surface area contributed by atoms with Crippen LogP contribution in [0.5, 0.6) is 0 Å². The number of hydrogen-bond donors (Lipinski definition) is 3. The van der Waals surface area contributed by atoms with E-state index in [9.17, 15) is 9.59 Å². The first kappa shape index (κ1) is 22.1. The van der Waals surface area contributed by atoms with Gasteiger partial charge in [0.25, 0.3) is 5.91 Å². The van der Waals surface area contributed by atoms with Gasteiger partial charge in [0.2, 0.25) is 5.78 Å². The Labute approximate surface area is 211 Å². The SMILES string of the molecule is O=C(NCCc1c[nH]c2ccccc12)c1cc2c([nH]c3ccccc32)c(C(=O)c2ccc(Cl)cc2)n1. The number of rotatable bonds is 6. The Hall–Kier alpha value is -4.42. The summed E-state index contributed by atoms with van der Waals surface area (Å²) in [5.41, 5.74) is 4.52. The van der Waals surface area contributed by atoms with Crippen molar-refractivity contribution in [1.29, 1.82) is 0 Å². The van der Waals surface area contributed by atoms with Gasteiger partial charge in [-0.3, -0.25) is 9.59 Å². The van der Waals surface area contributed by atoms with E-state index in [1.165, 1.54) is 0 Å². The van der Waals surface area contributed by atoms with Crippen molar-refractivity contribution in [3.8, 4) is 0 Å². The van der Waals surface area contributed by atoms with Crippen molar-refractivity contribution in [1.82, 2.24) is 20.3 Å². The number of nitrogens with one attached hydrogen (secondary N) is 3. The van der Waals surface area contributed by atoms with Crippen molar-refractivity contribution in [2.45, 2.75) is 6.42 Å². The molecule has 3 N–H and O–H groups in total. The van der Waals surface area contributed by atoms with Crippen LogP contribution in [0.2, 0.25) is 5.02 Å². The van der Waals surface area contributed by atoms with Crippen molar-refractivity contribution in [2.75, 3.05) is 6.54 Å². The van der Waals surface area contributed by atoms with Crippen LogP contribution >= 0.6 is 11.6 Å². The largest absolute Gasteiger partial charge is 0.361 e. The second-order valence-electron chi connectivity index (χ2n) is 8.65. The number of pyridine rings is 1. The first-order valence-electron chi connectivity index (χ1n) is 11.6. The molecule has 0 unspecified atom stereocenters. The van der Waals surface area contributed by atoms with Gasteiger partial charge in [0, 0.05) is 50.5 Å². The number of ketones is 1. The van der Waals surface area contributed by atoms with Crippen molar-refractivity contribution >= 4 is 56.0 Å². The maximum absolute atomic E-state index is 13.5. The summed E-state index contributed by atoms with van der Waals surface area (Å²) < 4.78 is 0. The molecule has 0 fully saturated rings. The number of para-hydroxylation sites is 2. The van der Waals surface area contributed by atoms with Crippen molar-refractivity contribution in [3.63, 3.8) is 0 Å². The number of aromatic nitrogens is 3. The molecule has 7 heteroatoms. The lowest BCUT2D eigenvalue weighted by atomic mass is 10.0. The summed E-state index contributed by atoms with van der Waals surface area (Å²) in [6.07, 6.45) is 2.64. The summed E-state index contributed by atoms with van der Waals surface area (Å²) in [5.74, 6) is -0.608. The van der Waals surface area contributed by atoms with Crippen LogP contribution in [0.1, 0.15) is 32.1 Å². The number of halogens is 1. The van der Waals surface area contributed by atoms with E-state index in [-0.39, 0.29) is 23.1 Å². The summed E-state index contributed by atoms with van der Waals surface area (Å²) in [6, 6.07) is 24.2. The Morgan fingerprint density at radius 2 is 1.58 bits per heavy atom. The number of fused-ring (bicyclic) bond motifs is 4. The summed E-state index contributed by atoms with van der Waals surface area (Å²) in [4.78, 5) is 37.7. The zero-order chi connectivity index (χ0) is 24.6. The molecule has 3 aromatic heterocycles. The van der Waals surface area contributed by atoms with E-state index in [4.69, 9.17) is 11.6 Å². The van der Waals surface area contributed by atoms with Crippen molar-refractivity contribution in [2.24, 2.45) is 0 Å². The van der Waals surface area contributed by atoms with Gasteiger partial charge in [-0.25, -0.2) is 4.98 Å². The fourth-order valence-corrected chi connectivity index (χ4v) is 4.73. The lowest BCUT2D eigenvalue weighted by Crippen LogP contribution is -2.27. The van der Waals surface area contributed by atoms with E-state index in [1.54, 1.807) is 30.3 Å². The number of hydrogen-bond acceptors (Lipinski definition) is 3. The van der Waals surface area contributed by atoms with E-state index in [0.717, 1.165) is 32.8 Å². The molecular formula is C29H21ClN4O2. The van der Waals surface area contributed by atoms with Crippen molar-refractivity contribution < 1.29 is 9.59 Å². The molecule has 0 spiro atoms. The molecule has 0 aliphatic heterocycles. The zero-order valence-corrected chi connectivity index (χ0v) is 19.9. The van der Waals surface area contributed by atoms with E-state index in [0.29, 0.717) is 29.1 Å². The van der Waals surface area contributed by atoms with Gasteiger partial charge >= 0.3 is 0 Å². The van der Waals surface area contributed by atoms with Gasteiger partial charge in [-0.15, -0.1) is 0 Å². The lowest BCUT2D eigenvalue weighted by molar-refractivity contribution is 0.0949. The number of nitrogens with zero attached hydrogens (tertiary/aromatic N) is 1. The van der Waals surface area contributed by atoms with Crippen LogP contribution in [0.15, 0.2) is 85.1 Å². The average Bonchev–Trinajstić information content (AvgIpc) is 3.49. The highest BCUT2D eigenvalue weighted by atomic mass is 35.5. The molecule has 0 bridgehead atoms. The molecule has 0 atom stereocenters. The normalized spacial score (nSPS) is 11.4. The maximum Gasteiger partial charge on any atom is 0.269 e. The number of benzene rings is 3. The van der Waals surface area contributed by atoms with Crippen LogP contribution in [0.4, 0.5) is 0 Å². The minimum absolute atomic E-state index is 0.198. The Balaban J connectivity index is 1.34. The standard InChI is InChI=1S/C29H21ClN4O2/c30-19-11-9-17(10-12-19)28(35)27-26-22(21-6-2-4-8-24(21)33-26)15-25(34-27)29(36)31-14-13-18-16-32-23-7-3-1-5-20(18)23/h1-12,15-16,32-33H,13-14H2,(H,31,36). The molecule has 0 aliphatic rings. The predicted octanol–water partition coefficient (Wildman–Crippen LogP) is 6.05. The van der Waals surface area contributed by atoms with Crippen LogP contribution in [0.25, 0.3) is 32.7 Å². The highest BCUT2D eigenvalue weighted by molar-refractivity contribution is 6.30. The Morgan fingerprint density at radius 1 is 0.861 bits per heavy atom. The van der Waals surface area contributed by atoms with Crippen LogP contribution in [-0.4, -0.2) is 33.2 Å². The molecule has 6 rings (SSSR count). The molecule has 0 saturated carbocycles. The summed E-state index contributed by atoms with van der Waals surface area (Å²) in [5, 5.41) is 6.35. The third-order valence-corrected chi connectivity index (χ3v) is 6.66. The molecule has 0 radical (unpaired) electrons. The molecule has 3 heterocycles. The summed E-state index contributed by atoms with van der Waals surface area (Å²) in [7, 11) is 0. The average molecular weight is 493 g/mol. The number of amides is 1. The molecule has 3 aromatic carbocycles. The van der Waals surface area contributed by atoms with Gasteiger partial charge in [-0.2, -0.15) is 0 Å². The minimum Gasteiger partial charge on any atom is -0.361 e. The van der Waals surface area contributed by atoms with Crippen LogP contribution in [-0.2, 0) is 6.42 Å². The topological polar surface area (TPSA) is 90.6 Å². The number of carbonyl (C=O) groups is 2. The van der Waals surface area contributed by atoms with Crippen LogP contribution < -0.4 is 5.32 Å². The van der Waals surface area contributed by atoms with Crippen LogP contribution in [0.3, 0.4) is 0 Å². The van der Waals surface area contributed by atoms with Gasteiger partial charge in [0.05, 0.1) is 5.52 Å². The summed E-state index contributed by atoms with van der Waals surface area (Å²) >= 11 is 6.01. The van der Waals surface area contributed by atoms with Crippen molar-refractivity contribution in [3.05, 3.63) is 113 Å². The van der Waals surface area contributed by atoms with Gasteiger partial charge < -0.3 is 15.3 Å². The fourth-order valence-electron chi connectivity index (χ4n) is 4.60. The second-order valence-corrected chi connectivity index (χ2v) is 9.09. The van der Waals surface area contributed by atoms with E-state index < -0.39 is 0 Å². The van der Waals surface area contributed by atoms with E-state index in [1.807, 2.05) is 48.7 Å². The molecule has 0 aliphatic carbocycles. The van der Waals surface area contributed by atoms with Gasteiger partial charge in [0.15, 0.2) is 0 Å². The smallest absolute Gasteiger partial charge is 0.269 e. The third kappa shape index (κ3) is 3.91. The zero-order valence-electron chi connectivity index (χ0n) is 19.1. The predicted molar refractivity (Wildman–Crippen MR) is 143 cm³/mol.